The number of amides is 1. The van der Waals surface area contributed by atoms with Crippen LogP contribution in [0, 0.1) is 0 Å². The Morgan fingerprint density at radius 2 is 1.88 bits per heavy atom. The zero-order valence-corrected chi connectivity index (χ0v) is 14.2. The number of hydrogen-bond acceptors (Lipinski definition) is 3. The number of nitrogens with zero attached hydrogens (tertiary/aromatic N) is 4. The van der Waals surface area contributed by atoms with Crippen molar-refractivity contribution in [3.05, 3.63) is 77.9 Å². The van der Waals surface area contributed by atoms with Crippen molar-refractivity contribution >= 4 is 5.91 Å². The lowest BCUT2D eigenvalue weighted by Crippen LogP contribution is -2.28. The first-order valence-corrected chi connectivity index (χ1v) is 8.52. The van der Waals surface area contributed by atoms with Crippen LogP contribution in [0.4, 0.5) is 0 Å². The Balaban J connectivity index is 1.65. The van der Waals surface area contributed by atoms with Crippen LogP contribution in [0.3, 0.4) is 0 Å². The first-order valence-electron chi connectivity index (χ1n) is 8.52. The second-order valence-corrected chi connectivity index (χ2v) is 6.49. The van der Waals surface area contributed by atoms with Crippen LogP contribution in [0.15, 0.2) is 60.9 Å². The molecule has 5 nitrogen and oxygen atoms in total. The summed E-state index contributed by atoms with van der Waals surface area (Å²) in [6, 6.07) is 15.6. The van der Waals surface area contributed by atoms with Gasteiger partial charge < -0.3 is 4.90 Å². The van der Waals surface area contributed by atoms with E-state index in [1.165, 1.54) is 0 Å². The van der Waals surface area contributed by atoms with Crippen LogP contribution in [-0.2, 0) is 6.54 Å². The average molecular weight is 332 g/mol. The first-order chi connectivity index (χ1) is 12.2. The molecule has 2 heterocycles. The Morgan fingerprint density at radius 3 is 2.56 bits per heavy atom. The van der Waals surface area contributed by atoms with Crippen LogP contribution in [0.5, 0.6) is 0 Å². The summed E-state index contributed by atoms with van der Waals surface area (Å²) in [7, 11) is 1.82. The number of pyridine rings is 1. The fourth-order valence-corrected chi connectivity index (χ4v) is 2.93. The molecule has 3 aromatic rings. The van der Waals surface area contributed by atoms with Gasteiger partial charge in [0.25, 0.3) is 5.91 Å². The lowest BCUT2D eigenvalue weighted by atomic mass is 10.2. The highest BCUT2D eigenvalue weighted by Crippen LogP contribution is 2.39. The molecule has 2 aromatic heterocycles. The Hall–Kier alpha value is -2.95. The van der Waals surface area contributed by atoms with Crippen molar-refractivity contribution in [3.8, 4) is 5.69 Å². The highest BCUT2D eigenvalue weighted by Gasteiger charge is 2.29. The average Bonchev–Trinajstić information content (AvgIpc) is 3.41. The highest BCUT2D eigenvalue weighted by molar-refractivity contribution is 5.93. The molecule has 0 unspecified atom stereocenters. The quantitative estimate of drug-likeness (QED) is 0.719. The maximum absolute atomic E-state index is 13.0. The smallest absolute Gasteiger partial charge is 0.272 e. The molecule has 1 amide bonds. The van der Waals surface area contributed by atoms with Gasteiger partial charge in [-0.05, 0) is 48.7 Å². The van der Waals surface area contributed by atoms with Crippen LogP contribution in [-0.4, -0.2) is 32.6 Å². The van der Waals surface area contributed by atoms with E-state index in [-0.39, 0.29) is 5.91 Å². The van der Waals surface area contributed by atoms with Crippen LogP contribution < -0.4 is 0 Å². The van der Waals surface area contributed by atoms with E-state index in [0.717, 1.165) is 29.8 Å². The van der Waals surface area contributed by atoms with Crippen LogP contribution in [0.2, 0.25) is 0 Å². The Labute approximate surface area is 146 Å². The number of carbonyl (C=O) groups is 1. The molecule has 0 atom stereocenters. The number of hydrogen-bond donors (Lipinski definition) is 0. The van der Waals surface area contributed by atoms with E-state index in [1.54, 1.807) is 22.0 Å². The molecule has 126 valence electrons. The number of aromatic nitrogens is 3. The second-order valence-electron chi connectivity index (χ2n) is 6.49. The molecule has 1 aliphatic rings. The number of para-hydroxylation sites is 1. The van der Waals surface area contributed by atoms with Gasteiger partial charge in [-0.1, -0.05) is 18.2 Å². The molecule has 0 aliphatic heterocycles. The van der Waals surface area contributed by atoms with Crippen LogP contribution in [0.1, 0.15) is 40.5 Å². The molecule has 0 radical (unpaired) electrons. The van der Waals surface area contributed by atoms with Gasteiger partial charge in [-0.15, -0.1) is 0 Å². The molecular formula is C20H20N4O. The minimum Gasteiger partial charge on any atom is -0.336 e. The minimum atomic E-state index is -0.0277. The summed E-state index contributed by atoms with van der Waals surface area (Å²) in [5, 5.41) is 4.71. The summed E-state index contributed by atoms with van der Waals surface area (Å²) in [6.45, 7) is 0.542. The van der Waals surface area contributed by atoms with Gasteiger partial charge >= 0.3 is 0 Å². The zero-order chi connectivity index (χ0) is 17.2. The van der Waals surface area contributed by atoms with Gasteiger partial charge in [0.05, 0.1) is 11.4 Å². The van der Waals surface area contributed by atoms with Crippen molar-refractivity contribution in [2.45, 2.75) is 25.3 Å². The van der Waals surface area contributed by atoms with Gasteiger partial charge in [-0.2, -0.15) is 5.10 Å². The molecule has 1 aromatic carbocycles. The van der Waals surface area contributed by atoms with Gasteiger partial charge in [0.15, 0.2) is 0 Å². The van der Waals surface area contributed by atoms with Gasteiger partial charge in [-0.25, -0.2) is 4.68 Å². The monoisotopic (exact) mass is 332 g/mol. The lowest BCUT2D eigenvalue weighted by molar-refractivity contribution is 0.0776. The van der Waals surface area contributed by atoms with Crippen molar-refractivity contribution in [1.29, 1.82) is 0 Å². The minimum absolute atomic E-state index is 0.0277. The van der Waals surface area contributed by atoms with Crippen molar-refractivity contribution in [3.63, 3.8) is 0 Å². The Kier molecular flexibility index (Phi) is 4.06. The zero-order valence-electron chi connectivity index (χ0n) is 14.2. The molecule has 1 aliphatic carbocycles. The largest absolute Gasteiger partial charge is 0.336 e. The third kappa shape index (κ3) is 3.31. The topological polar surface area (TPSA) is 51.0 Å². The van der Waals surface area contributed by atoms with Crippen molar-refractivity contribution in [1.82, 2.24) is 19.7 Å². The van der Waals surface area contributed by atoms with Crippen molar-refractivity contribution in [2.75, 3.05) is 7.05 Å². The van der Waals surface area contributed by atoms with Crippen LogP contribution >= 0.6 is 0 Å². The first kappa shape index (κ1) is 15.6. The molecule has 5 heteroatoms. The summed E-state index contributed by atoms with van der Waals surface area (Å²) < 4.78 is 1.78. The highest BCUT2D eigenvalue weighted by atomic mass is 16.2. The van der Waals surface area contributed by atoms with E-state index in [9.17, 15) is 4.79 Å². The van der Waals surface area contributed by atoms with Crippen LogP contribution in [0.25, 0.3) is 5.69 Å². The van der Waals surface area contributed by atoms with Gasteiger partial charge in [0.2, 0.25) is 0 Å². The maximum Gasteiger partial charge on any atom is 0.272 e. The predicted octanol–water partition coefficient (Wildman–Crippen LogP) is 3.42. The SMILES string of the molecule is CN(Cc1ccncc1)C(=O)c1cc(C2CC2)nn1-c1ccccc1. The Morgan fingerprint density at radius 1 is 1.16 bits per heavy atom. The molecular weight excluding hydrogens is 312 g/mol. The normalized spacial score (nSPS) is 13.6. The third-order valence-corrected chi connectivity index (χ3v) is 4.46. The van der Waals surface area contributed by atoms with E-state index >= 15 is 0 Å². The molecule has 0 saturated heterocycles. The molecule has 1 fully saturated rings. The summed E-state index contributed by atoms with van der Waals surface area (Å²) in [6.07, 6.45) is 5.80. The molecule has 1 saturated carbocycles. The number of benzene rings is 1. The summed E-state index contributed by atoms with van der Waals surface area (Å²) in [5.74, 6) is 0.474. The fraction of sp³-hybridized carbons (Fsp3) is 0.250. The molecule has 0 bridgehead atoms. The summed E-state index contributed by atoms with van der Waals surface area (Å²) in [5.41, 5.74) is 3.60. The van der Waals surface area contributed by atoms with Gasteiger partial charge in [-0.3, -0.25) is 9.78 Å². The summed E-state index contributed by atoms with van der Waals surface area (Å²) >= 11 is 0. The van der Waals surface area contributed by atoms with Gasteiger partial charge in [0.1, 0.15) is 5.69 Å². The standard InChI is InChI=1S/C20H20N4O/c1-23(14-15-9-11-21-12-10-15)20(25)19-13-18(16-7-8-16)22-24(19)17-5-3-2-4-6-17/h2-6,9-13,16H,7-8,14H2,1H3. The Bertz CT molecular complexity index is 869. The molecule has 0 N–H and O–H groups in total. The van der Waals surface area contributed by atoms with E-state index in [2.05, 4.69) is 4.98 Å². The van der Waals surface area contributed by atoms with E-state index < -0.39 is 0 Å². The lowest BCUT2D eigenvalue weighted by Gasteiger charge is -2.17. The number of rotatable bonds is 5. The van der Waals surface area contributed by atoms with E-state index in [1.807, 2.05) is 55.6 Å². The second kappa shape index (κ2) is 6.51. The maximum atomic E-state index is 13.0. The molecule has 4 rings (SSSR count). The molecule has 0 spiro atoms. The van der Waals surface area contributed by atoms with Crippen molar-refractivity contribution < 1.29 is 4.79 Å². The van der Waals surface area contributed by atoms with E-state index in [4.69, 9.17) is 5.10 Å². The number of carbonyl (C=O) groups excluding carboxylic acids is 1. The summed E-state index contributed by atoms with van der Waals surface area (Å²) in [4.78, 5) is 18.8. The van der Waals surface area contributed by atoms with Gasteiger partial charge in [0, 0.05) is 31.9 Å². The van der Waals surface area contributed by atoms with Crippen molar-refractivity contribution in [2.24, 2.45) is 0 Å². The fourth-order valence-electron chi connectivity index (χ4n) is 2.93. The molecule has 25 heavy (non-hydrogen) atoms. The van der Waals surface area contributed by atoms with E-state index in [0.29, 0.717) is 18.2 Å². The third-order valence-electron chi connectivity index (χ3n) is 4.46. The predicted molar refractivity (Wildman–Crippen MR) is 95.6 cm³/mol.